The topological polar surface area (TPSA) is 142 Å². The van der Waals surface area contributed by atoms with Crippen LogP contribution in [-0.4, -0.2) is 54.8 Å². The molecule has 0 unspecified atom stereocenters. The van der Waals surface area contributed by atoms with Crippen molar-refractivity contribution in [3.63, 3.8) is 0 Å². The number of rotatable bonds is 11. The van der Waals surface area contributed by atoms with Crippen molar-refractivity contribution in [2.24, 2.45) is 0 Å². The highest BCUT2D eigenvalue weighted by atomic mass is 32.1. The third-order valence-corrected chi connectivity index (χ3v) is 31.5. The standard InChI is InChI=1S/C48H28N4S.C44H26N4S.C39H23N3S/c1-2-13-31(14-3-1)46-50-47(52-48(51-46)34-27-22-29-12-4-5-15-33(29)28-34)32-25-23-30(24-26-32)43-37-18-8-6-16-35(37)41-36-17-7-9-19-38(36)45-42(44(41)49-43)39-20-10-11-21-40(39)53-45;1-3-14-27(15-4-1)42-46-43(28-16-5-2-6-17-28)48-44(47-42)30-19-13-18-29(26-30)39-33-22-9-7-20-31(33)37-32-21-8-10-23-34(32)41-38(40(37)45-39)35-24-11-12-25-36(35)49-41;1-3-13-24(14-4-1)35-31(23-40-39(42-35)25-15-5-2-6-16-25)36-28-19-9-7-17-26(28)33-27-18-8-10-20-29(27)38-34(37(33)41-36)30-21-11-12-22-32(30)43-38/h1-28H;1-26H;1-23H. The molecule has 145 heavy (non-hydrogen) atoms. The second-order valence-electron chi connectivity index (χ2n) is 36.4. The lowest BCUT2D eigenvalue weighted by Crippen LogP contribution is -2.00. The summed E-state index contributed by atoms with van der Waals surface area (Å²) in [6, 6.07) is 161. The molecule has 0 bridgehead atoms. The van der Waals surface area contributed by atoms with Crippen molar-refractivity contribution in [1.82, 2.24) is 54.8 Å². The van der Waals surface area contributed by atoms with Crippen LogP contribution in [0.15, 0.2) is 467 Å². The molecule has 30 aromatic rings. The fraction of sp³-hybridized carbons (Fsp3) is 0. The van der Waals surface area contributed by atoms with Gasteiger partial charge in [-0.1, -0.05) is 431 Å². The van der Waals surface area contributed by atoms with Gasteiger partial charge in [0.25, 0.3) is 0 Å². The Morgan fingerprint density at radius 3 is 0.814 bits per heavy atom. The number of pyridine rings is 3. The normalized spacial score (nSPS) is 11.7. The van der Waals surface area contributed by atoms with Crippen molar-refractivity contribution in [2.45, 2.75) is 0 Å². The van der Waals surface area contributed by atoms with Crippen molar-refractivity contribution in [3.8, 4) is 125 Å². The predicted molar refractivity (Wildman–Crippen MR) is 609 cm³/mol. The first kappa shape index (κ1) is 84.5. The van der Waals surface area contributed by atoms with E-state index >= 15 is 0 Å². The number of aromatic nitrogens is 11. The van der Waals surface area contributed by atoms with Gasteiger partial charge < -0.3 is 0 Å². The molecule has 0 atom stereocenters. The molecular weight excluding hydrogens is 1820 g/mol. The van der Waals surface area contributed by atoms with Crippen molar-refractivity contribution in [1.29, 1.82) is 0 Å². The second kappa shape index (κ2) is 35.3. The van der Waals surface area contributed by atoms with E-state index < -0.39 is 0 Å². The number of thiophene rings is 3. The molecule has 0 N–H and O–H groups in total. The van der Waals surface area contributed by atoms with Gasteiger partial charge in [-0.3, -0.25) is 0 Å². The number of fused-ring (bicyclic) bond motifs is 31. The van der Waals surface area contributed by atoms with Crippen LogP contribution < -0.4 is 0 Å². The van der Waals surface area contributed by atoms with Crippen LogP contribution in [0.3, 0.4) is 0 Å². The Balaban J connectivity index is 0.000000106. The molecule has 0 aliphatic carbocycles. The van der Waals surface area contributed by atoms with Crippen molar-refractivity contribution in [2.75, 3.05) is 0 Å². The minimum Gasteiger partial charge on any atom is -0.246 e. The molecular formula is C131H77N11S3. The average Bonchev–Trinajstić information content (AvgIpc) is 1.62. The molecule has 0 aliphatic heterocycles. The SMILES string of the molecule is c1ccc(-c2nc(-c3ccc(-c4nc5c(c6ccccc46)c4ccccc4c4sc6ccccc6c54)cc3)nc(-c3ccc4ccccc4c3)n2)cc1.c1ccc(-c2nc(-c3ccccc3)nc(-c3cccc(-c4nc5c(c6ccccc46)c4ccccc4c4sc6ccccc6c54)c3)n2)cc1.c1ccc(-c2ncc(-c3nc4c(c5ccccc35)c3ccccc3c3sc5ccccc5c43)c(-c3ccccc3)n2)cc1. The zero-order chi connectivity index (χ0) is 95.5. The summed E-state index contributed by atoms with van der Waals surface area (Å²) in [6.45, 7) is 0. The van der Waals surface area contributed by atoms with Crippen LogP contribution in [0.5, 0.6) is 0 Å². The Morgan fingerprint density at radius 1 is 0.145 bits per heavy atom. The second-order valence-corrected chi connectivity index (χ2v) is 39.5. The Labute approximate surface area is 842 Å². The maximum Gasteiger partial charge on any atom is 0.164 e. The van der Waals surface area contributed by atoms with E-state index in [1.807, 2.05) is 155 Å². The van der Waals surface area contributed by atoms with Gasteiger partial charge in [0.2, 0.25) is 0 Å². The largest absolute Gasteiger partial charge is 0.246 e. The summed E-state index contributed by atoms with van der Waals surface area (Å²) >= 11 is 5.55. The first-order valence-electron chi connectivity index (χ1n) is 48.4. The maximum atomic E-state index is 5.59. The summed E-state index contributed by atoms with van der Waals surface area (Å²) in [5, 5.41) is 27.7. The predicted octanol–water partition coefficient (Wildman–Crippen LogP) is 35.4. The first-order chi connectivity index (χ1) is 71.9. The quantitative estimate of drug-likeness (QED) is 0.114. The molecule has 21 aromatic carbocycles. The number of benzene rings is 21. The van der Waals surface area contributed by atoms with Crippen LogP contribution in [0.25, 0.3) is 293 Å². The third-order valence-electron chi connectivity index (χ3n) is 27.9. The van der Waals surface area contributed by atoms with Gasteiger partial charge in [0.15, 0.2) is 40.8 Å². The minimum atomic E-state index is 0.622. The van der Waals surface area contributed by atoms with Gasteiger partial charge in [-0.15, -0.1) is 34.0 Å². The van der Waals surface area contributed by atoms with Crippen LogP contribution in [-0.2, 0) is 0 Å². The highest BCUT2D eigenvalue weighted by Gasteiger charge is 2.28. The zero-order valence-electron chi connectivity index (χ0n) is 77.6. The van der Waals surface area contributed by atoms with E-state index in [0.29, 0.717) is 40.8 Å². The minimum absolute atomic E-state index is 0.622. The van der Waals surface area contributed by atoms with Crippen LogP contribution >= 0.6 is 34.0 Å². The molecule has 9 aromatic heterocycles. The molecule has 0 radical (unpaired) electrons. The van der Waals surface area contributed by atoms with Gasteiger partial charge in [0.05, 0.1) is 39.3 Å². The van der Waals surface area contributed by atoms with Gasteiger partial charge in [0.1, 0.15) is 0 Å². The van der Waals surface area contributed by atoms with E-state index in [2.05, 4.69) is 346 Å². The first-order valence-corrected chi connectivity index (χ1v) is 50.9. The van der Waals surface area contributed by atoms with Gasteiger partial charge in [-0.05, 0) is 73.4 Å². The average molecular weight is 1900 g/mol. The highest BCUT2D eigenvalue weighted by molar-refractivity contribution is 7.28. The highest BCUT2D eigenvalue weighted by Crippen LogP contribution is 2.52. The van der Waals surface area contributed by atoms with E-state index in [9.17, 15) is 0 Å². The van der Waals surface area contributed by atoms with E-state index in [1.165, 1.54) is 131 Å². The molecule has 0 spiro atoms. The lowest BCUT2D eigenvalue weighted by molar-refractivity contribution is 1.07. The Kier molecular flexibility index (Phi) is 20.6. The molecule has 11 nitrogen and oxygen atoms in total. The maximum absolute atomic E-state index is 5.59. The molecule has 0 amide bonds. The number of hydrogen-bond acceptors (Lipinski definition) is 14. The zero-order valence-corrected chi connectivity index (χ0v) is 80.0. The summed E-state index contributed by atoms with van der Waals surface area (Å²) < 4.78 is 7.65. The van der Waals surface area contributed by atoms with E-state index in [4.69, 9.17) is 54.8 Å². The summed E-state index contributed by atoms with van der Waals surface area (Å²) in [5.41, 5.74) is 17.4. The van der Waals surface area contributed by atoms with E-state index in [-0.39, 0.29) is 0 Å². The Hall–Kier alpha value is -18.6. The van der Waals surface area contributed by atoms with Crippen molar-refractivity contribution >= 4 is 203 Å². The van der Waals surface area contributed by atoms with Crippen LogP contribution in [0.4, 0.5) is 0 Å². The van der Waals surface area contributed by atoms with Gasteiger partial charge in [-0.2, -0.15) is 0 Å². The summed E-state index contributed by atoms with van der Waals surface area (Å²) in [5.74, 6) is 4.52. The summed E-state index contributed by atoms with van der Waals surface area (Å²) in [4.78, 5) is 56.8. The molecule has 14 heteroatoms. The van der Waals surface area contributed by atoms with Gasteiger partial charge in [0, 0.05) is 176 Å². The molecule has 0 aliphatic rings. The van der Waals surface area contributed by atoms with Crippen LogP contribution in [0.2, 0.25) is 0 Å². The van der Waals surface area contributed by atoms with Crippen LogP contribution in [0, 0.1) is 0 Å². The Morgan fingerprint density at radius 2 is 0.407 bits per heavy atom. The van der Waals surface area contributed by atoms with Crippen molar-refractivity contribution < 1.29 is 0 Å². The monoisotopic (exact) mass is 1900 g/mol. The number of hydrogen-bond donors (Lipinski definition) is 0. The van der Waals surface area contributed by atoms with Gasteiger partial charge >= 0.3 is 0 Å². The lowest BCUT2D eigenvalue weighted by atomic mass is 9.93. The van der Waals surface area contributed by atoms with Gasteiger partial charge in [-0.25, -0.2) is 54.8 Å². The lowest BCUT2D eigenvalue weighted by Gasteiger charge is -2.16. The molecule has 0 saturated heterocycles. The van der Waals surface area contributed by atoms with Crippen molar-refractivity contribution in [3.05, 3.63) is 467 Å². The fourth-order valence-corrected chi connectivity index (χ4v) is 24.9. The molecule has 30 rings (SSSR count). The fourth-order valence-electron chi connectivity index (χ4n) is 21.2. The van der Waals surface area contributed by atoms with E-state index in [1.54, 1.807) is 0 Å². The number of nitrogens with zero attached hydrogens (tertiary/aromatic N) is 11. The summed E-state index contributed by atoms with van der Waals surface area (Å²) in [6.07, 6.45) is 1.96. The Bertz CT molecular complexity index is 10400. The molecule has 0 fully saturated rings. The molecule has 674 valence electrons. The molecule has 0 saturated carbocycles. The third kappa shape index (κ3) is 14.6. The van der Waals surface area contributed by atoms with E-state index in [0.717, 1.165) is 122 Å². The molecule has 9 heterocycles. The van der Waals surface area contributed by atoms with Crippen LogP contribution in [0.1, 0.15) is 0 Å². The summed E-state index contributed by atoms with van der Waals surface area (Å²) in [7, 11) is 0. The smallest absolute Gasteiger partial charge is 0.164 e.